The molecule has 0 aromatic carbocycles. The first kappa shape index (κ1) is 24.9. The number of ether oxygens (including phenoxy) is 2. The van der Waals surface area contributed by atoms with Crippen LogP contribution < -0.4 is 10.2 Å². The third-order valence-electron chi connectivity index (χ3n) is 4.93. The number of nitrogens with zero attached hydrogens (tertiary/aromatic N) is 4. The van der Waals surface area contributed by atoms with Gasteiger partial charge < -0.3 is 24.6 Å². The molecule has 2 heterocycles. The van der Waals surface area contributed by atoms with Crippen LogP contribution in [0.2, 0.25) is 0 Å². The molecular weight excluding hydrogens is 469 g/mol. The lowest BCUT2D eigenvalue weighted by molar-refractivity contribution is 0.0536. The van der Waals surface area contributed by atoms with E-state index in [4.69, 9.17) is 9.47 Å². The summed E-state index contributed by atoms with van der Waals surface area (Å²) in [5.41, 5.74) is 1.16. The lowest BCUT2D eigenvalue weighted by Crippen LogP contribution is -2.39. The summed E-state index contributed by atoms with van der Waals surface area (Å²) >= 11 is 0. The molecule has 1 aromatic heterocycles. The molecule has 0 amide bonds. The molecule has 1 N–H and O–H groups in total. The van der Waals surface area contributed by atoms with E-state index in [-0.39, 0.29) is 24.0 Å². The summed E-state index contributed by atoms with van der Waals surface area (Å²) in [6.07, 6.45) is 3.08. The van der Waals surface area contributed by atoms with E-state index in [1.54, 1.807) is 7.11 Å². The Morgan fingerprint density at radius 3 is 2.71 bits per heavy atom. The Balaban J connectivity index is 0.00000392. The first-order chi connectivity index (χ1) is 13.2. The van der Waals surface area contributed by atoms with E-state index in [0.717, 1.165) is 63.1 Å². The summed E-state index contributed by atoms with van der Waals surface area (Å²) in [6.45, 7) is 11.1. The predicted molar refractivity (Wildman–Crippen MR) is 126 cm³/mol. The van der Waals surface area contributed by atoms with Gasteiger partial charge >= 0.3 is 0 Å². The standard InChI is InChI=1S/C20H35N5O2.HI/c1-5-24(6-2)19-8-7-17(13-22-19)14-23-20(21-3)25-10-9-18(15-25)16-27-12-11-26-4;/h7-8,13,18H,5-6,9-12,14-16H2,1-4H3,(H,21,23);1H. The topological polar surface area (TPSA) is 62.2 Å². The monoisotopic (exact) mass is 505 g/mol. The molecule has 0 radical (unpaired) electrons. The molecule has 7 nitrogen and oxygen atoms in total. The summed E-state index contributed by atoms with van der Waals surface area (Å²) in [6, 6.07) is 4.23. The van der Waals surface area contributed by atoms with Gasteiger partial charge in [-0.05, 0) is 31.9 Å². The zero-order chi connectivity index (χ0) is 19.5. The Hall–Kier alpha value is -1.13. The largest absolute Gasteiger partial charge is 0.382 e. The van der Waals surface area contributed by atoms with Crippen LogP contribution in [0.4, 0.5) is 5.82 Å². The Morgan fingerprint density at radius 1 is 1.32 bits per heavy atom. The van der Waals surface area contributed by atoms with Crippen LogP contribution in [0.3, 0.4) is 0 Å². The van der Waals surface area contributed by atoms with Crippen molar-refractivity contribution in [2.45, 2.75) is 26.8 Å². The van der Waals surface area contributed by atoms with E-state index in [9.17, 15) is 0 Å². The SMILES string of the molecule is CCN(CC)c1ccc(CNC(=NC)N2CCC(COCCOC)C2)cn1.I. The van der Waals surface area contributed by atoms with Crippen molar-refractivity contribution in [2.24, 2.45) is 10.9 Å². The molecule has 1 saturated heterocycles. The average Bonchev–Trinajstić information content (AvgIpc) is 3.16. The maximum absolute atomic E-state index is 5.67. The molecule has 8 heteroatoms. The van der Waals surface area contributed by atoms with Crippen molar-refractivity contribution >= 4 is 35.8 Å². The Morgan fingerprint density at radius 2 is 2.11 bits per heavy atom. The van der Waals surface area contributed by atoms with E-state index in [1.807, 2.05) is 13.2 Å². The molecule has 28 heavy (non-hydrogen) atoms. The molecule has 1 aliphatic heterocycles. The van der Waals surface area contributed by atoms with Crippen molar-refractivity contribution in [3.63, 3.8) is 0 Å². The Labute approximate surface area is 186 Å². The first-order valence-electron chi connectivity index (χ1n) is 9.93. The van der Waals surface area contributed by atoms with Crippen LogP contribution in [0.5, 0.6) is 0 Å². The van der Waals surface area contributed by atoms with Gasteiger partial charge in [-0.2, -0.15) is 0 Å². The molecule has 0 saturated carbocycles. The van der Waals surface area contributed by atoms with Crippen molar-refractivity contribution < 1.29 is 9.47 Å². The number of aromatic nitrogens is 1. The number of hydrogen-bond acceptors (Lipinski definition) is 5. The van der Waals surface area contributed by atoms with Gasteiger partial charge in [0.25, 0.3) is 0 Å². The second-order valence-corrected chi connectivity index (χ2v) is 6.77. The molecule has 0 spiro atoms. The van der Waals surface area contributed by atoms with Crippen LogP contribution in [-0.4, -0.2) is 76.0 Å². The highest BCUT2D eigenvalue weighted by molar-refractivity contribution is 14.0. The second kappa shape index (κ2) is 13.9. The van der Waals surface area contributed by atoms with Crippen molar-refractivity contribution in [3.05, 3.63) is 23.9 Å². The molecule has 2 rings (SSSR count). The number of halogens is 1. The number of likely N-dealkylation sites (tertiary alicyclic amines) is 1. The molecular formula is C20H36IN5O2. The van der Waals surface area contributed by atoms with Gasteiger partial charge in [0.15, 0.2) is 5.96 Å². The molecule has 1 aromatic rings. The average molecular weight is 505 g/mol. The summed E-state index contributed by atoms with van der Waals surface area (Å²) < 4.78 is 10.7. The smallest absolute Gasteiger partial charge is 0.193 e. The van der Waals surface area contributed by atoms with Crippen molar-refractivity contribution in [1.29, 1.82) is 0 Å². The first-order valence-corrected chi connectivity index (χ1v) is 9.93. The fourth-order valence-electron chi connectivity index (χ4n) is 3.32. The highest BCUT2D eigenvalue weighted by atomic mass is 127. The van der Waals surface area contributed by atoms with Gasteiger partial charge in [0.05, 0.1) is 19.8 Å². The van der Waals surface area contributed by atoms with E-state index in [2.05, 4.69) is 51.1 Å². The maximum Gasteiger partial charge on any atom is 0.193 e. The number of pyridine rings is 1. The van der Waals surface area contributed by atoms with Crippen molar-refractivity contribution in [2.75, 3.05) is 65.1 Å². The van der Waals surface area contributed by atoms with E-state index < -0.39 is 0 Å². The van der Waals surface area contributed by atoms with Gasteiger partial charge in [0.2, 0.25) is 0 Å². The van der Waals surface area contributed by atoms with Crippen molar-refractivity contribution in [1.82, 2.24) is 15.2 Å². The van der Waals surface area contributed by atoms with Crippen LogP contribution in [-0.2, 0) is 16.0 Å². The fourth-order valence-corrected chi connectivity index (χ4v) is 3.32. The molecule has 1 atom stereocenters. The summed E-state index contributed by atoms with van der Waals surface area (Å²) in [5.74, 6) is 2.53. The number of anilines is 1. The van der Waals surface area contributed by atoms with E-state index in [1.165, 1.54) is 0 Å². The lowest BCUT2D eigenvalue weighted by Gasteiger charge is -2.22. The Bertz CT molecular complexity index is 566. The van der Waals surface area contributed by atoms with E-state index in [0.29, 0.717) is 19.1 Å². The third-order valence-corrected chi connectivity index (χ3v) is 4.93. The molecule has 160 valence electrons. The Kier molecular flexibility index (Phi) is 12.4. The fraction of sp³-hybridized carbons (Fsp3) is 0.700. The number of rotatable bonds is 10. The minimum Gasteiger partial charge on any atom is -0.382 e. The number of hydrogen-bond donors (Lipinski definition) is 1. The number of nitrogens with one attached hydrogen (secondary N) is 1. The maximum atomic E-state index is 5.67. The van der Waals surface area contributed by atoms with Crippen LogP contribution >= 0.6 is 24.0 Å². The third kappa shape index (κ3) is 7.71. The summed E-state index contributed by atoms with van der Waals surface area (Å²) in [4.78, 5) is 13.6. The van der Waals surface area contributed by atoms with Gasteiger partial charge in [-0.25, -0.2) is 4.98 Å². The second-order valence-electron chi connectivity index (χ2n) is 6.77. The van der Waals surface area contributed by atoms with Crippen LogP contribution in [0.25, 0.3) is 0 Å². The van der Waals surface area contributed by atoms with Gasteiger partial charge in [-0.1, -0.05) is 6.07 Å². The number of methoxy groups -OCH3 is 1. The number of aliphatic imine (C=N–C) groups is 1. The van der Waals surface area contributed by atoms with Crippen LogP contribution in [0.1, 0.15) is 25.8 Å². The van der Waals surface area contributed by atoms with E-state index >= 15 is 0 Å². The number of guanidine groups is 1. The molecule has 1 aliphatic rings. The zero-order valence-corrected chi connectivity index (χ0v) is 20.0. The lowest BCUT2D eigenvalue weighted by atomic mass is 10.1. The normalized spacial score (nSPS) is 16.8. The van der Waals surface area contributed by atoms with Gasteiger partial charge in [0, 0.05) is 59.0 Å². The molecule has 0 bridgehead atoms. The highest BCUT2D eigenvalue weighted by Gasteiger charge is 2.24. The van der Waals surface area contributed by atoms with Gasteiger partial charge in [-0.3, -0.25) is 4.99 Å². The van der Waals surface area contributed by atoms with Gasteiger partial charge in [-0.15, -0.1) is 24.0 Å². The molecule has 0 aliphatic carbocycles. The minimum atomic E-state index is 0. The summed E-state index contributed by atoms with van der Waals surface area (Å²) in [7, 11) is 3.54. The predicted octanol–water partition coefficient (Wildman–Crippen LogP) is 2.61. The summed E-state index contributed by atoms with van der Waals surface area (Å²) in [5, 5.41) is 3.46. The van der Waals surface area contributed by atoms with Crippen LogP contribution in [0.15, 0.2) is 23.3 Å². The van der Waals surface area contributed by atoms with Gasteiger partial charge in [0.1, 0.15) is 5.82 Å². The minimum absolute atomic E-state index is 0. The highest BCUT2D eigenvalue weighted by Crippen LogP contribution is 2.17. The molecule has 1 unspecified atom stereocenters. The van der Waals surface area contributed by atoms with Crippen molar-refractivity contribution in [3.8, 4) is 0 Å². The molecule has 1 fully saturated rings. The quantitative estimate of drug-likeness (QED) is 0.228. The zero-order valence-electron chi connectivity index (χ0n) is 17.7. The van der Waals surface area contributed by atoms with Crippen LogP contribution in [0, 0.1) is 5.92 Å².